The Kier molecular flexibility index (Phi) is 5.07. The maximum atomic E-state index is 11.5. The molecule has 1 heterocycles. The van der Waals surface area contributed by atoms with Crippen molar-refractivity contribution in [3.8, 4) is 0 Å². The second-order valence-corrected chi connectivity index (χ2v) is 6.49. The van der Waals surface area contributed by atoms with Crippen molar-refractivity contribution in [1.29, 1.82) is 0 Å². The number of rotatable bonds is 4. The van der Waals surface area contributed by atoms with Crippen LogP contribution in [-0.4, -0.2) is 13.1 Å². The van der Waals surface area contributed by atoms with Crippen LogP contribution in [0, 0.1) is 0 Å². The van der Waals surface area contributed by atoms with E-state index in [1.54, 1.807) is 29.5 Å². The molecule has 1 N–H and O–H groups in total. The van der Waals surface area contributed by atoms with Gasteiger partial charge in [-0.3, -0.25) is 0 Å². The van der Waals surface area contributed by atoms with Crippen molar-refractivity contribution in [3.63, 3.8) is 0 Å². The van der Waals surface area contributed by atoms with E-state index in [9.17, 15) is 4.79 Å². The molecule has 0 aliphatic heterocycles. The van der Waals surface area contributed by atoms with Gasteiger partial charge >= 0.3 is 5.97 Å². The Morgan fingerprint density at radius 1 is 1.45 bits per heavy atom. The number of ether oxygens (including phenoxy) is 1. The van der Waals surface area contributed by atoms with Crippen LogP contribution in [0.25, 0.3) is 0 Å². The lowest BCUT2D eigenvalue weighted by molar-refractivity contribution is 0.0601. The van der Waals surface area contributed by atoms with Crippen molar-refractivity contribution in [1.82, 2.24) is 0 Å². The van der Waals surface area contributed by atoms with E-state index >= 15 is 0 Å². The number of nitrogens with one attached hydrogen (secondary N) is 1. The minimum absolute atomic E-state index is 0.0942. The highest BCUT2D eigenvalue weighted by Gasteiger charge is 2.13. The number of benzene rings is 1. The van der Waals surface area contributed by atoms with Gasteiger partial charge in [-0.2, -0.15) is 0 Å². The quantitative estimate of drug-likeness (QED) is 0.754. The van der Waals surface area contributed by atoms with E-state index in [-0.39, 0.29) is 12.0 Å². The molecule has 2 aromatic rings. The first-order valence-electron chi connectivity index (χ1n) is 5.89. The van der Waals surface area contributed by atoms with Gasteiger partial charge in [0.05, 0.1) is 29.4 Å². The molecule has 1 aromatic carbocycles. The fraction of sp³-hybridized carbons (Fsp3) is 0.214. The van der Waals surface area contributed by atoms with E-state index in [1.807, 2.05) is 12.3 Å². The summed E-state index contributed by atoms with van der Waals surface area (Å²) in [6, 6.07) is 7.18. The van der Waals surface area contributed by atoms with Crippen LogP contribution >= 0.6 is 38.9 Å². The van der Waals surface area contributed by atoms with E-state index < -0.39 is 0 Å². The van der Waals surface area contributed by atoms with E-state index in [2.05, 4.69) is 27.3 Å². The molecule has 0 saturated carbocycles. The third-order valence-electron chi connectivity index (χ3n) is 2.77. The van der Waals surface area contributed by atoms with Crippen LogP contribution in [0.1, 0.15) is 28.2 Å². The second kappa shape index (κ2) is 6.61. The van der Waals surface area contributed by atoms with Gasteiger partial charge in [-0.15, -0.1) is 11.3 Å². The van der Waals surface area contributed by atoms with Crippen LogP contribution in [0.2, 0.25) is 5.02 Å². The average Bonchev–Trinajstić information content (AvgIpc) is 2.87. The zero-order valence-electron chi connectivity index (χ0n) is 10.9. The Balaban J connectivity index is 2.22. The molecular weight excluding hydrogens is 362 g/mol. The third kappa shape index (κ3) is 3.53. The molecule has 0 radical (unpaired) electrons. The van der Waals surface area contributed by atoms with Gasteiger partial charge in [0.2, 0.25) is 0 Å². The number of hydrogen-bond acceptors (Lipinski definition) is 4. The Morgan fingerprint density at radius 3 is 2.80 bits per heavy atom. The number of hydrogen-bond donors (Lipinski definition) is 1. The maximum Gasteiger partial charge on any atom is 0.337 e. The summed E-state index contributed by atoms with van der Waals surface area (Å²) in [6.45, 7) is 2.04. The summed E-state index contributed by atoms with van der Waals surface area (Å²) >= 11 is 11.2. The monoisotopic (exact) mass is 373 g/mol. The van der Waals surface area contributed by atoms with Crippen molar-refractivity contribution < 1.29 is 9.53 Å². The molecule has 0 aliphatic rings. The SMILES string of the molecule is COC(=O)c1ccc(Cl)c(NC(C)c2cc(Br)cs2)c1. The highest BCUT2D eigenvalue weighted by molar-refractivity contribution is 9.10. The van der Waals surface area contributed by atoms with Gasteiger partial charge in [-0.05, 0) is 47.1 Å². The molecule has 106 valence electrons. The highest BCUT2D eigenvalue weighted by Crippen LogP contribution is 2.31. The first-order chi connectivity index (χ1) is 9.51. The molecule has 1 unspecified atom stereocenters. The maximum absolute atomic E-state index is 11.5. The summed E-state index contributed by atoms with van der Waals surface area (Å²) in [6.07, 6.45) is 0. The number of anilines is 1. The van der Waals surface area contributed by atoms with Crippen molar-refractivity contribution in [3.05, 3.63) is 49.6 Å². The first kappa shape index (κ1) is 15.4. The zero-order chi connectivity index (χ0) is 14.7. The molecule has 0 spiro atoms. The number of carbonyl (C=O) groups is 1. The fourth-order valence-corrected chi connectivity index (χ4v) is 3.37. The molecule has 1 aromatic heterocycles. The lowest BCUT2D eigenvalue weighted by Crippen LogP contribution is -2.07. The highest BCUT2D eigenvalue weighted by atomic mass is 79.9. The summed E-state index contributed by atoms with van der Waals surface area (Å²) in [5.74, 6) is -0.378. The Morgan fingerprint density at radius 2 is 2.20 bits per heavy atom. The third-order valence-corrected chi connectivity index (χ3v) is 4.98. The predicted molar refractivity (Wildman–Crippen MR) is 86.8 cm³/mol. The lowest BCUT2D eigenvalue weighted by Gasteiger charge is -2.15. The number of halogens is 2. The van der Waals surface area contributed by atoms with Crippen molar-refractivity contribution in [2.75, 3.05) is 12.4 Å². The van der Waals surface area contributed by atoms with Crippen LogP contribution in [0.3, 0.4) is 0 Å². The fourth-order valence-electron chi connectivity index (χ4n) is 1.74. The Bertz CT molecular complexity index is 629. The normalized spacial score (nSPS) is 12.0. The molecule has 2 rings (SSSR count). The van der Waals surface area contributed by atoms with Gasteiger partial charge < -0.3 is 10.1 Å². The van der Waals surface area contributed by atoms with E-state index in [4.69, 9.17) is 16.3 Å². The number of esters is 1. The van der Waals surface area contributed by atoms with Gasteiger partial charge in [0.15, 0.2) is 0 Å². The number of thiophene rings is 1. The molecule has 0 saturated heterocycles. The molecule has 1 atom stereocenters. The largest absolute Gasteiger partial charge is 0.465 e. The summed E-state index contributed by atoms with van der Waals surface area (Å²) in [7, 11) is 1.36. The predicted octanol–water partition coefficient (Wildman–Crippen LogP) is 5.12. The molecule has 20 heavy (non-hydrogen) atoms. The minimum atomic E-state index is -0.378. The summed E-state index contributed by atoms with van der Waals surface area (Å²) in [5.41, 5.74) is 1.19. The van der Waals surface area contributed by atoms with Gasteiger partial charge in [0.1, 0.15) is 0 Å². The molecular formula is C14H13BrClNO2S. The molecule has 0 bridgehead atoms. The van der Waals surface area contributed by atoms with Gasteiger partial charge in [-0.1, -0.05) is 11.6 Å². The van der Waals surface area contributed by atoms with Crippen molar-refractivity contribution in [2.45, 2.75) is 13.0 Å². The number of methoxy groups -OCH3 is 1. The topological polar surface area (TPSA) is 38.3 Å². The zero-order valence-corrected chi connectivity index (χ0v) is 14.1. The van der Waals surface area contributed by atoms with Gasteiger partial charge in [-0.25, -0.2) is 4.79 Å². The number of carbonyl (C=O) groups excluding carboxylic acids is 1. The van der Waals surface area contributed by atoms with Crippen molar-refractivity contribution in [2.24, 2.45) is 0 Å². The lowest BCUT2D eigenvalue weighted by atomic mass is 10.2. The molecule has 3 nitrogen and oxygen atoms in total. The summed E-state index contributed by atoms with van der Waals surface area (Å²) in [4.78, 5) is 12.7. The summed E-state index contributed by atoms with van der Waals surface area (Å²) < 4.78 is 5.77. The van der Waals surface area contributed by atoms with Gasteiger partial charge in [0.25, 0.3) is 0 Å². The van der Waals surface area contributed by atoms with Crippen LogP contribution in [-0.2, 0) is 4.74 Å². The second-order valence-electron chi connectivity index (χ2n) is 4.22. The van der Waals surface area contributed by atoms with E-state index in [0.29, 0.717) is 16.3 Å². The van der Waals surface area contributed by atoms with Crippen LogP contribution in [0.4, 0.5) is 5.69 Å². The van der Waals surface area contributed by atoms with E-state index in [1.165, 1.54) is 12.0 Å². The smallest absolute Gasteiger partial charge is 0.337 e. The molecule has 6 heteroatoms. The van der Waals surface area contributed by atoms with E-state index in [0.717, 1.165) is 4.47 Å². The molecule has 0 fully saturated rings. The average molecular weight is 375 g/mol. The first-order valence-corrected chi connectivity index (χ1v) is 7.94. The van der Waals surface area contributed by atoms with Gasteiger partial charge in [0, 0.05) is 14.7 Å². The van der Waals surface area contributed by atoms with Crippen LogP contribution in [0.15, 0.2) is 34.1 Å². The minimum Gasteiger partial charge on any atom is -0.465 e. The van der Waals surface area contributed by atoms with Crippen LogP contribution < -0.4 is 5.32 Å². The Labute approximate surface area is 135 Å². The standard InChI is InChI=1S/C14H13BrClNO2S/c1-8(13-6-10(15)7-20-13)17-12-5-9(14(18)19-2)3-4-11(12)16/h3-8,17H,1-2H3. The molecule has 0 amide bonds. The summed E-state index contributed by atoms with van der Waals surface area (Å²) in [5, 5.41) is 5.91. The Hall–Kier alpha value is -1.04. The van der Waals surface area contributed by atoms with Crippen LogP contribution in [0.5, 0.6) is 0 Å². The molecule has 0 aliphatic carbocycles. The van der Waals surface area contributed by atoms with Crippen molar-refractivity contribution >= 4 is 50.5 Å².